The van der Waals surface area contributed by atoms with Crippen LogP contribution in [0, 0.1) is 12.8 Å². The summed E-state index contributed by atoms with van der Waals surface area (Å²) in [6.07, 6.45) is 0. The number of carbonyl (C=O) groups is 1. The van der Waals surface area contributed by atoms with Crippen molar-refractivity contribution in [1.82, 2.24) is 0 Å². The van der Waals surface area contributed by atoms with Crippen LogP contribution in [0.25, 0.3) is 0 Å². The zero-order chi connectivity index (χ0) is 11.2. The molecule has 2 nitrogen and oxygen atoms in total. The Balaban J connectivity index is 2.60. The normalized spacial score (nSPS) is 24.7. The molecule has 0 bridgehead atoms. The van der Waals surface area contributed by atoms with Gasteiger partial charge in [-0.3, -0.25) is 4.79 Å². The van der Waals surface area contributed by atoms with E-state index < -0.39 is 0 Å². The van der Waals surface area contributed by atoms with Crippen molar-refractivity contribution in [1.29, 1.82) is 0 Å². The Morgan fingerprint density at radius 3 is 2.60 bits per heavy atom. The molecule has 2 atom stereocenters. The first-order chi connectivity index (χ1) is 7.00. The van der Waals surface area contributed by atoms with Crippen LogP contribution in [0.4, 0.5) is 5.69 Å². The van der Waals surface area contributed by atoms with Crippen molar-refractivity contribution in [3.63, 3.8) is 0 Å². The van der Waals surface area contributed by atoms with Gasteiger partial charge in [-0.25, -0.2) is 0 Å². The molecular weight excluding hydrogens is 254 g/mol. The van der Waals surface area contributed by atoms with E-state index in [-0.39, 0.29) is 17.7 Å². The van der Waals surface area contributed by atoms with Gasteiger partial charge in [0.15, 0.2) is 0 Å². The zero-order valence-electron chi connectivity index (χ0n) is 9.10. The SMILES string of the molecule is Cc1cc(Br)cc2c1NC(=O)[C@H](C)[C@H]2C. The molecule has 0 spiro atoms. The Kier molecular flexibility index (Phi) is 2.59. The molecule has 80 valence electrons. The second-order valence-corrected chi connectivity index (χ2v) is 5.17. The summed E-state index contributed by atoms with van der Waals surface area (Å²) in [6.45, 7) is 6.10. The zero-order valence-corrected chi connectivity index (χ0v) is 10.7. The van der Waals surface area contributed by atoms with Gasteiger partial charge in [0.2, 0.25) is 5.91 Å². The maximum Gasteiger partial charge on any atom is 0.227 e. The minimum absolute atomic E-state index is 0.0474. The molecule has 0 aromatic heterocycles. The number of nitrogens with one attached hydrogen (secondary N) is 1. The highest BCUT2D eigenvalue weighted by Gasteiger charge is 2.30. The lowest BCUT2D eigenvalue weighted by molar-refractivity contribution is -0.120. The number of benzene rings is 1. The highest BCUT2D eigenvalue weighted by molar-refractivity contribution is 9.10. The van der Waals surface area contributed by atoms with Crippen molar-refractivity contribution in [2.24, 2.45) is 5.92 Å². The van der Waals surface area contributed by atoms with Crippen molar-refractivity contribution >= 4 is 27.5 Å². The van der Waals surface area contributed by atoms with Crippen LogP contribution in [0.3, 0.4) is 0 Å². The van der Waals surface area contributed by atoms with Gasteiger partial charge in [0.25, 0.3) is 0 Å². The number of hydrogen-bond donors (Lipinski definition) is 1. The van der Waals surface area contributed by atoms with Gasteiger partial charge in [-0.15, -0.1) is 0 Å². The van der Waals surface area contributed by atoms with Gasteiger partial charge in [-0.2, -0.15) is 0 Å². The fraction of sp³-hybridized carbons (Fsp3) is 0.417. The van der Waals surface area contributed by atoms with Gasteiger partial charge in [0.05, 0.1) is 0 Å². The minimum atomic E-state index is 0.0474. The third-order valence-corrected chi connectivity index (χ3v) is 3.69. The van der Waals surface area contributed by atoms with Crippen molar-refractivity contribution in [3.8, 4) is 0 Å². The van der Waals surface area contributed by atoms with Crippen LogP contribution in [0.5, 0.6) is 0 Å². The molecule has 2 rings (SSSR count). The topological polar surface area (TPSA) is 29.1 Å². The number of hydrogen-bond acceptors (Lipinski definition) is 1. The molecule has 0 aliphatic carbocycles. The summed E-state index contributed by atoms with van der Waals surface area (Å²) in [5.74, 6) is 0.455. The third kappa shape index (κ3) is 1.69. The van der Waals surface area contributed by atoms with E-state index in [1.807, 2.05) is 19.9 Å². The highest BCUT2D eigenvalue weighted by Crippen LogP contribution is 2.38. The molecule has 0 unspecified atom stereocenters. The fourth-order valence-corrected chi connectivity index (χ4v) is 2.62. The average Bonchev–Trinajstić information content (AvgIpc) is 2.17. The number of carbonyl (C=O) groups excluding carboxylic acids is 1. The molecule has 1 aliphatic heterocycles. The summed E-state index contributed by atoms with van der Waals surface area (Å²) < 4.78 is 1.08. The average molecular weight is 268 g/mol. The van der Waals surface area contributed by atoms with Crippen LogP contribution < -0.4 is 5.32 Å². The molecular formula is C12H14BrNO. The maximum atomic E-state index is 11.7. The molecule has 1 amide bonds. The van der Waals surface area contributed by atoms with E-state index in [0.717, 1.165) is 15.7 Å². The van der Waals surface area contributed by atoms with Crippen molar-refractivity contribution in [2.45, 2.75) is 26.7 Å². The van der Waals surface area contributed by atoms with Crippen molar-refractivity contribution in [2.75, 3.05) is 5.32 Å². The standard InChI is InChI=1S/C12H14BrNO/c1-6-4-9(13)5-10-7(2)8(3)12(15)14-11(6)10/h4-5,7-8H,1-3H3,(H,14,15)/t7-,8-/m1/s1. The van der Waals surface area contributed by atoms with Crippen LogP contribution in [0.1, 0.15) is 30.9 Å². The Hall–Kier alpha value is -0.830. The highest BCUT2D eigenvalue weighted by atomic mass is 79.9. The minimum Gasteiger partial charge on any atom is -0.325 e. The third-order valence-electron chi connectivity index (χ3n) is 3.23. The van der Waals surface area contributed by atoms with Crippen LogP contribution in [-0.2, 0) is 4.79 Å². The molecule has 0 saturated heterocycles. The lowest BCUT2D eigenvalue weighted by Gasteiger charge is -2.29. The van der Waals surface area contributed by atoms with Crippen LogP contribution in [-0.4, -0.2) is 5.91 Å². The molecule has 1 heterocycles. The Morgan fingerprint density at radius 2 is 1.93 bits per heavy atom. The molecule has 1 aromatic rings. The summed E-state index contributed by atoms with van der Waals surface area (Å²) in [5.41, 5.74) is 3.34. The molecule has 1 aliphatic rings. The quantitative estimate of drug-likeness (QED) is 0.767. The number of aryl methyl sites for hydroxylation is 1. The van der Waals surface area contributed by atoms with Crippen LogP contribution in [0.15, 0.2) is 16.6 Å². The van der Waals surface area contributed by atoms with E-state index >= 15 is 0 Å². The lowest BCUT2D eigenvalue weighted by atomic mass is 9.83. The molecule has 3 heteroatoms. The molecule has 0 radical (unpaired) electrons. The fourth-order valence-electron chi connectivity index (χ4n) is 2.03. The van der Waals surface area contributed by atoms with Gasteiger partial charge in [0.1, 0.15) is 0 Å². The maximum absolute atomic E-state index is 11.7. The first-order valence-corrected chi connectivity index (χ1v) is 5.91. The van der Waals surface area contributed by atoms with E-state index in [2.05, 4.69) is 34.2 Å². The molecule has 1 aromatic carbocycles. The molecule has 0 saturated carbocycles. The summed E-state index contributed by atoms with van der Waals surface area (Å²) >= 11 is 3.49. The summed E-state index contributed by atoms with van der Waals surface area (Å²) in [4.78, 5) is 11.7. The predicted molar refractivity (Wildman–Crippen MR) is 65.1 cm³/mol. The number of rotatable bonds is 0. The first kappa shape index (κ1) is 10.7. The lowest BCUT2D eigenvalue weighted by Crippen LogP contribution is -2.30. The molecule has 1 N–H and O–H groups in total. The van der Waals surface area contributed by atoms with Crippen LogP contribution >= 0.6 is 15.9 Å². The molecule has 15 heavy (non-hydrogen) atoms. The van der Waals surface area contributed by atoms with Gasteiger partial charge in [-0.05, 0) is 36.1 Å². The van der Waals surface area contributed by atoms with E-state index in [4.69, 9.17) is 0 Å². The van der Waals surface area contributed by atoms with E-state index in [1.54, 1.807) is 0 Å². The predicted octanol–water partition coefficient (Wildman–Crippen LogP) is 3.45. The molecule has 0 fully saturated rings. The van der Waals surface area contributed by atoms with E-state index in [9.17, 15) is 4.79 Å². The summed E-state index contributed by atoms with van der Waals surface area (Å²) in [5, 5.41) is 2.98. The summed E-state index contributed by atoms with van der Waals surface area (Å²) in [7, 11) is 0. The second-order valence-electron chi connectivity index (χ2n) is 4.25. The van der Waals surface area contributed by atoms with E-state index in [1.165, 1.54) is 5.56 Å². The second kappa shape index (κ2) is 3.63. The monoisotopic (exact) mass is 267 g/mol. The van der Waals surface area contributed by atoms with Gasteiger partial charge in [-0.1, -0.05) is 29.8 Å². The van der Waals surface area contributed by atoms with E-state index in [0.29, 0.717) is 0 Å². The van der Waals surface area contributed by atoms with Gasteiger partial charge >= 0.3 is 0 Å². The Labute approximate surface area is 98.2 Å². The Bertz CT molecular complexity index is 428. The van der Waals surface area contributed by atoms with Gasteiger partial charge in [0, 0.05) is 16.1 Å². The van der Waals surface area contributed by atoms with Crippen molar-refractivity contribution < 1.29 is 4.79 Å². The van der Waals surface area contributed by atoms with Gasteiger partial charge < -0.3 is 5.32 Å². The number of halogens is 1. The summed E-state index contributed by atoms with van der Waals surface area (Å²) in [6, 6.07) is 4.13. The largest absolute Gasteiger partial charge is 0.325 e. The van der Waals surface area contributed by atoms with Crippen molar-refractivity contribution in [3.05, 3.63) is 27.7 Å². The van der Waals surface area contributed by atoms with Crippen LogP contribution in [0.2, 0.25) is 0 Å². The number of anilines is 1. The first-order valence-electron chi connectivity index (χ1n) is 5.11. The number of amides is 1. The smallest absolute Gasteiger partial charge is 0.227 e. The Morgan fingerprint density at radius 1 is 1.27 bits per heavy atom. The number of fused-ring (bicyclic) bond motifs is 1.